The van der Waals surface area contributed by atoms with E-state index in [9.17, 15) is 38.8 Å². The predicted molar refractivity (Wildman–Crippen MR) is 237 cm³/mol. The lowest BCUT2D eigenvalue weighted by atomic mass is 9.81. The van der Waals surface area contributed by atoms with E-state index in [-0.39, 0.29) is 38.1 Å². The van der Waals surface area contributed by atoms with Crippen molar-refractivity contribution in [3.63, 3.8) is 0 Å². The highest BCUT2D eigenvalue weighted by Crippen LogP contribution is 2.21. The Morgan fingerprint density at radius 3 is 1.54 bits per heavy atom. The smallest absolute Gasteiger partial charge is 0.426 e. The van der Waals surface area contributed by atoms with Crippen LogP contribution in [0.3, 0.4) is 0 Å². The van der Waals surface area contributed by atoms with E-state index in [4.69, 9.17) is 17.2 Å². The Labute approximate surface area is 361 Å². The van der Waals surface area contributed by atoms with Gasteiger partial charge in [0.15, 0.2) is 0 Å². The molecule has 0 saturated carbocycles. The van der Waals surface area contributed by atoms with Gasteiger partial charge in [0, 0.05) is 18.5 Å². The summed E-state index contributed by atoms with van der Waals surface area (Å²) in [6, 6.07) is 11.3. The number of nitrogens with one attached hydrogen (secondary N) is 6. The number of carbonyl (C=O) groups excluding carboxylic acids is 6. The van der Waals surface area contributed by atoms with E-state index in [1.807, 2.05) is 12.1 Å². The number of carbonyl (C=O) groups is 6. The minimum Gasteiger partial charge on any atom is -0.426 e. The van der Waals surface area contributed by atoms with Crippen LogP contribution in [0.4, 0.5) is 0 Å². The lowest BCUT2D eigenvalue weighted by molar-refractivity contribution is -0.134. The molecule has 2 aromatic rings. The van der Waals surface area contributed by atoms with Crippen molar-refractivity contribution in [3.8, 4) is 11.1 Å². The maximum absolute atomic E-state index is 13.7. The number of aryl methyl sites for hydroxylation is 1. The fourth-order valence-corrected chi connectivity index (χ4v) is 6.35. The van der Waals surface area contributed by atoms with Crippen molar-refractivity contribution in [3.05, 3.63) is 59.7 Å². The van der Waals surface area contributed by atoms with Crippen LogP contribution in [0.2, 0.25) is 0 Å². The number of hydrogen-bond acceptors (Lipinski definition) is 11. The number of benzene rings is 2. The van der Waals surface area contributed by atoms with Gasteiger partial charge in [-0.15, -0.1) is 0 Å². The second-order valence-corrected chi connectivity index (χ2v) is 15.4. The lowest BCUT2D eigenvalue weighted by Gasteiger charge is -2.26. The fourth-order valence-electron chi connectivity index (χ4n) is 6.35. The molecule has 0 saturated heterocycles. The van der Waals surface area contributed by atoms with Gasteiger partial charge in [-0.1, -0.05) is 49.7 Å². The van der Waals surface area contributed by atoms with Crippen molar-refractivity contribution in [2.45, 2.75) is 134 Å². The highest BCUT2D eigenvalue weighted by atomic mass is 16.4. The van der Waals surface area contributed by atoms with Gasteiger partial charge >= 0.3 is 7.12 Å². The molecule has 6 amide bonds. The summed E-state index contributed by atoms with van der Waals surface area (Å²) in [5.74, 6) is -4.39. The molecule has 0 fully saturated rings. The van der Waals surface area contributed by atoms with Crippen molar-refractivity contribution in [1.29, 1.82) is 0 Å². The van der Waals surface area contributed by atoms with Gasteiger partial charge in [-0.2, -0.15) is 0 Å². The molecule has 0 aliphatic carbocycles. The van der Waals surface area contributed by atoms with Crippen LogP contribution < -0.4 is 49.1 Å². The third-order valence-corrected chi connectivity index (χ3v) is 10.2. The van der Waals surface area contributed by atoms with E-state index in [0.717, 1.165) is 30.4 Å². The Bertz CT molecular complexity index is 1650. The van der Waals surface area contributed by atoms with E-state index in [1.54, 1.807) is 12.1 Å². The largest absolute Gasteiger partial charge is 0.475 e. The Morgan fingerprint density at radius 1 is 0.590 bits per heavy atom. The maximum Gasteiger partial charge on any atom is 0.475 e. The minimum atomic E-state index is -1.81. The molecule has 5 unspecified atom stereocenters. The van der Waals surface area contributed by atoms with E-state index in [1.165, 1.54) is 19.4 Å². The average Bonchev–Trinajstić information content (AvgIpc) is 3.24. The van der Waals surface area contributed by atoms with Gasteiger partial charge in [0.25, 0.3) is 5.91 Å². The summed E-state index contributed by atoms with van der Waals surface area (Å²) in [5.41, 5.74) is 20.7. The molecular formula is C43H70BN9O8. The average molecular weight is 852 g/mol. The van der Waals surface area contributed by atoms with Gasteiger partial charge in [0.05, 0.1) is 5.94 Å². The molecule has 0 radical (unpaired) electrons. The van der Waals surface area contributed by atoms with Crippen molar-refractivity contribution >= 4 is 42.6 Å². The zero-order chi connectivity index (χ0) is 45.2. The molecule has 0 aromatic heterocycles. The maximum atomic E-state index is 13.7. The van der Waals surface area contributed by atoms with Crippen LogP contribution in [-0.2, 0) is 30.4 Å². The molecule has 14 N–H and O–H groups in total. The summed E-state index contributed by atoms with van der Waals surface area (Å²) < 4.78 is 0. The molecule has 2 rings (SSSR count). The molecule has 5 atom stereocenters. The molecule has 61 heavy (non-hydrogen) atoms. The van der Waals surface area contributed by atoms with Gasteiger partial charge in [0.1, 0.15) is 24.2 Å². The Morgan fingerprint density at radius 2 is 1.05 bits per heavy atom. The topological polar surface area (TPSA) is 293 Å². The van der Waals surface area contributed by atoms with Crippen molar-refractivity contribution in [1.82, 2.24) is 31.9 Å². The van der Waals surface area contributed by atoms with Gasteiger partial charge in [-0.25, -0.2) is 0 Å². The number of hydrogen-bond donors (Lipinski definition) is 11. The standard InChI is InChI=1S/C43H70BN9O8/c1-4-5-12-31-16-18-32(19-17-31)33-20-22-34(23-21-33)40(56)48-28-24-38(54)51-35(13-6-9-25-45)43(59)53-36(14-7-10-26-46)41(57)49-29(2)39(55)52-37(15-8-11-27-47)42(58)50-30(3)44(60)61/h16-23,29-30,35-37,60-61H,4-15,24-28,45-47H2,1-3H3,(H,48,56)(H,49,57)(H,50,58)(H,51,54)(H,52,55)(H,53,59). The normalized spacial score (nSPS) is 13.4. The lowest BCUT2D eigenvalue weighted by Crippen LogP contribution is -2.58. The van der Waals surface area contributed by atoms with Crippen LogP contribution in [0, 0.1) is 0 Å². The minimum absolute atomic E-state index is 0.0187. The molecule has 0 aliphatic heterocycles. The number of unbranched alkanes of at least 4 members (excludes halogenated alkanes) is 4. The first-order chi connectivity index (χ1) is 29.2. The van der Waals surface area contributed by atoms with Gasteiger partial charge in [0.2, 0.25) is 29.5 Å². The third kappa shape index (κ3) is 20.0. The number of nitrogens with two attached hydrogens (primary N) is 3. The van der Waals surface area contributed by atoms with Crippen LogP contribution in [0.25, 0.3) is 11.1 Å². The summed E-state index contributed by atoms with van der Waals surface area (Å²) in [7, 11) is -1.81. The molecule has 0 aliphatic rings. The fraction of sp³-hybridized carbons (Fsp3) is 0.581. The molecule has 17 nitrogen and oxygen atoms in total. The third-order valence-electron chi connectivity index (χ3n) is 10.2. The first kappa shape index (κ1) is 52.3. The zero-order valence-electron chi connectivity index (χ0n) is 36.2. The van der Waals surface area contributed by atoms with Crippen LogP contribution in [0.15, 0.2) is 48.5 Å². The summed E-state index contributed by atoms with van der Waals surface area (Å²) in [6.45, 7) is 6.12. The van der Waals surface area contributed by atoms with Gasteiger partial charge in [-0.05, 0) is 133 Å². The van der Waals surface area contributed by atoms with Crippen LogP contribution in [0.1, 0.15) is 114 Å². The summed E-state index contributed by atoms with van der Waals surface area (Å²) in [4.78, 5) is 79.4. The van der Waals surface area contributed by atoms with Crippen LogP contribution >= 0.6 is 0 Å². The predicted octanol–water partition coefficient (Wildman–Crippen LogP) is 0.679. The van der Waals surface area contributed by atoms with Crippen molar-refractivity contribution < 1.29 is 38.8 Å². The number of amides is 6. The SMILES string of the molecule is CCCCc1ccc(-c2ccc(C(=O)NCCC(=O)NC(CCCCN)C(=O)NC(CCCCN)C(=O)NC(C)C(=O)NC(CCCCN)C(=O)NC(C)B(O)O)cc2)cc1. The Balaban J connectivity index is 2.04. The van der Waals surface area contributed by atoms with Crippen molar-refractivity contribution in [2.75, 3.05) is 26.2 Å². The molecule has 18 heteroatoms. The highest BCUT2D eigenvalue weighted by Gasteiger charge is 2.31. The summed E-state index contributed by atoms with van der Waals surface area (Å²) in [6.07, 6.45) is 7.10. The van der Waals surface area contributed by atoms with E-state index in [0.29, 0.717) is 63.7 Å². The second kappa shape index (κ2) is 29.4. The molecule has 2 aromatic carbocycles. The summed E-state index contributed by atoms with van der Waals surface area (Å²) in [5, 5.41) is 34.7. The highest BCUT2D eigenvalue weighted by molar-refractivity contribution is 6.43. The monoisotopic (exact) mass is 852 g/mol. The molecular weight excluding hydrogens is 781 g/mol. The Hall–Kier alpha value is -4.88. The van der Waals surface area contributed by atoms with Gasteiger partial charge in [-0.3, -0.25) is 28.8 Å². The molecule has 0 heterocycles. The van der Waals surface area contributed by atoms with Gasteiger partial charge < -0.3 is 59.1 Å². The number of rotatable bonds is 30. The molecule has 0 bridgehead atoms. The van der Waals surface area contributed by atoms with E-state index in [2.05, 4.69) is 63.1 Å². The molecule has 0 spiro atoms. The van der Waals surface area contributed by atoms with E-state index >= 15 is 0 Å². The van der Waals surface area contributed by atoms with Crippen LogP contribution in [0.5, 0.6) is 0 Å². The zero-order valence-corrected chi connectivity index (χ0v) is 36.2. The summed E-state index contributed by atoms with van der Waals surface area (Å²) >= 11 is 0. The van der Waals surface area contributed by atoms with Crippen LogP contribution in [-0.4, -0.2) is 109 Å². The molecule has 338 valence electrons. The first-order valence-corrected chi connectivity index (χ1v) is 21.7. The van der Waals surface area contributed by atoms with Crippen molar-refractivity contribution in [2.24, 2.45) is 17.2 Å². The first-order valence-electron chi connectivity index (χ1n) is 21.7. The quantitative estimate of drug-likeness (QED) is 0.0384. The second-order valence-electron chi connectivity index (χ2n) is 15.4. The Kier molecular flexibility index (Phi) is 25.2. The van der Waals surface area contributed by atoms with E-state index < -0.39 is 66.8 Å².